The van der Waals surface area contributed by atoms with E-state index in [0.717, 1.165) is 49.9 Å². The third kappa shape index (κ3) is 6.92. The van der Waals surface area contributed by atoms with Crippen LogP contribution in [0.5, 0.6) is 0 Å². The summed E-state index contributed by atoms with van der Waals surface area (Å²) < 4.78 is 5.65. The summed E-state index contributed by atoms with van der Waals surface area (Å²) in [6.45, 7) is 5.69. The summed E-state index contributed by atoms with van der Waals surface area (Å²) >= 11 is 1.99. The Morgan fingerprint density at radius 1 is 1.29 bits per heavy atom. The van der Waals surface area contributed by atoms with E-state index in [1.165, 1.54) is 32.1 Å². The molecule has 21 heavy (non-hydrogen) atoms. The highest BCUT2D eigenvalue weighted by Gasteiger charge is 2.24. The first-order valence-corrected chi connectivity index (χ1v) is 9.76. The number of nitrogens with zero attached hydrogens (tertiary/aromatic N) is 1. The van der Waals surface area contributed by atoms with E-state index in [9.17, 15) is 0 Å². The predicted molar refractivity (Wildman–Crippen MR) is 92.2 cm³/mol. The van der Waals surface area contributed by atoms with Gasteiger partial charge in [-0.15, -0.1) is 0 Å². The van der Waals surface area contributed by atoms with Crippen LogP contribution in [0.25, 0.3) is 0 Å². The van der Waals surface area contributed by atoms with E-state index in [-0.39, 0.29) is 0 Å². The molecule has 0 bridgehead atoms. The molecule has 2 unspecified atom stereocenters. The Morgan fingerprint density at radius 2 is 2.14 bits per heavy atom. The van der Waals surface area contributed by atoms with Crippen molar-refractivity contribution >= 4 is 17.7 Å². The summed E-state index contributed by atoms with van der Waals surface area (Å²) in [7, 11) is 0. The molecule has 4 nitrogen and oxygen atoms in total. The Kier molecular flexibility index (Phi) is 7.72. The van der Waals surface area contributed by atoms with Crippen molar-refractivity contribution in [1.29, 1.82) is 0 Å². The molecule has 0 spiro atoms. The van der Waals surface area contributed by atoms with E-state index in [2.05, 4.69) is 28.8 Å². The van der Waals surface area contributed by atoms with Crippen LogP contribution in [-0.4, -0.2) is 49.8 Å². The zero-order valence-corrected chi connectivity index (χ0v) is 14.4. The summed E-state index contributed by atoms with van der Waals surface area (Å²) in [5.74, 6) is 1.84. The van der Waals surface area contributed by atoms with Crippen LogP contribution in [0.4, 0.5) is 0 Å². The molecule has 122 valence electrons. The quantitative estimate of drug-likeness (QED) is 0.390. The molecule has 0 aromatic rings. The summed E-state index contributed by atoms with van der Waals surface area (Å²) in [4.78, 5) is 4.67. The average Bonchev–Trinajstić information content (AvgIpc) is 3.20. The molecule has 2 atom stereocenters. The Bertz CT molecular complexity index is 321. The van der Waals surface area contributed by atoms with Crippen LogP contribution in [0, 0.1) is 5.92 Å². The monoisotopic (exact) mass is 313 g/mol. The van der Waals surface area contributed by atoms with Crippen molar-refractivity contribution in [3.05, 3.63) is 0 Å². The van der Waals surface area contributed by atoms with Gasteiger partial charge in [-0.25, -0.2) is 0 Å². The predicted octanol–water partition coefficient (Wildman–Crippen LogP) is 2.64. The largest absolute Gasteiger partial charge is 0.381 e. The molecule has 0 amide bonds. The molecule has 0 saturated heterocycles. The van der Waals surface area contributed by atoms with Crippen LogP contribution in [0.2, 0.25) is 0 Å². The lowest BCUT2D eigenvalue weighted by Gasteiger charge is -2.17. The Balaban J connectivity index is 1.61. The first-order chi connectivity index (χ1) is 10.3. The van der Waals surface area contributed by atoms with Gasteiger partial charge in [-0.3, -0.25) is 4.99 Å². The summed E-state index contributed by atoms with van der Waals surface area (Å²) in [6, 6.07) is 0.589. The van der Waals surface area contributed by atoms with Crippen molar-refractivity contribution in [1.82, 2.24) is 10.6 Å². The molecule has 2 aliphatic carbocycles. The van der Waals surface area contributed by atoms with E-state index in [1.807, 2.05) is 11.8 Å². The summed E-state index contributed by atoms with van der Waals surface area (Å²) in [5, 5.41) is 7.76. The minimum atomic E-state index is 0.589. The highest BCUT2D eigenvalue weighted by atomic mass is 32.2. The Labute approximate surface area is 133 Å². The van der Waals surface area contributed by atoms with E-state index < -0.39 is 0 Å². The Hall–Kier alpha value is -0.420. The molecule has 0 aromatic carbocycles. The van der Waals surface area contributed by atoms with Gasteiger partial charge in [0.1, 0.15) is 0 Å². The van der Waals surface area contributed by atoms with Crippen LogP contribution >= 0.6 is 11.8 Å². The van der Waals surface area contributed by atoms with E-state index >= 15 is 0 Å². The van der Waals surface area contributed by atoms with Gasteiger partial charge in [0.2, 0.25) is 0 Å². The molecule has 2 fully saturated rings. The van der Waals surface area contributed by atoms with Gasteiger partial charge >= 0.3 is 0 Å². The summed E-state index contributed by atoms with van der Waals surface area (Å²) in [6.07, 6.45) is 9.81. The first kappa shape index (κ1) is 16.9. The van der Waals surface area contributed by atoms with Gasteiger partial charge in [0, 0.05) is 37.6 Å². The smallest absolute Gasteiger partial charge is 0.191 e. The van der Waals surface area contributed by atoms with Crippen molar-refractivity contribution in [2.45, 2.75) is 56.7 Å². The van der Waals surface area contributed by atoms with Crippen molar-refractivity contribution in [2.75, 3.05) is 32.6 Å². The number of guanidine groups is 1. The zero-order chi connectivity index (χ0) is 14.9. The standard InChI is InChI=1S/C16H31N3OS/c1-3-17-16(19-14-7-8-15(11-14)21-2)18-9-4-10-20-12-13-5-6-13/h13-15H,3-12H2,1-2H3,(H2,17,18,19). The molecule has 0 aromatic heterocycles. The van der Waals surface area contributed by atoms with Crippen LogP contribution < -0.4 is 10.6 Å². The number of hydrogen-bond acceptors (Lipinski definition) is 3. The van der Waals surface area contributed by atoms with Crippen LogP contribution in [0.1, 0.15) is 45.4 Å². The maximum Gasteiger partial charge on any atom is 0.191 e. The number of thioether (sulfide) groups is 1. The Morgan fingerprint density at radius 3 is 2.81 bits per heavy atom. The van der Waals surface area contributed by atoms with Gasteiger partial charge in [0.15, 0.2) is 5.96 Å². The molecule has 5 heteroatoms. The second-order valence-electron chi connectivity index (χ2n) is 6.14. The van der Waals surface area contributed by atoms with Gasteiger partial charge in [0.25, 0.3) is 0 Å². The van der Waals surface area contributed by atoms with E-state index in [0.29, 0.717) is 6.04 Å². The fraction of sp³-hybridized carbons (Fsp3) is 0.938. The molecule has 2 saturated carbocycles. The molecule has 0 heterocycles. The molecule has 2 rings (SSSR count). The number of rotatable bonds is 9. The normalized spacial score (nSPS) is 26.1. The highest BCUT2D eigenvalue weighted by Crippen LogP contribution is 2.29. The maximum atomic E-state index is 5.65. The van der Waals surface area contributed by atoms with Crippen LogP contribution in [0.3, 0.4) is 0 Å². The van der Waals surface area contributed by atoms with E-state index in [4.69, 9.17) is 4.74 Å². The fourth-order valence-corrected chi connectivity index (χ4v) is 3.49. The van der Waals surface area contributed by atoms with Gasteiger partial charge in [-0.1, -0.05) is 0 Å². The molecular weight excluding hydrogens is 282 g/mol. The maximum absolute atomic E-state index is 5.65. The second-order valence-corrected chi connectivity index (χ2v) is 7.28. The SMILES string of the molecule is CCNC(=NCCCOCC1CC1)NC1CCC(SC)C1. The molecule has 2 N–H and O–H groups in total. The second kappa shape index (κ2) is 9.57. The third-order valence-electron chi connectivity index (χ3n) is 4.17. The van der Waals surface area contributed by atoms with Gasteiger partial charge in [0.05, 0.1) is 0 Å². The minimum absolute atomic E-state index is 0.589. The van der Waals surface area contributed by atoms with Gasteiger partial charge < -0.3 is 15.4 Å². The zero-order valence-electron chi connectivity index (χ0n) is 13.6. The molecule has 0 radical (unpaired) electrons. The molecule has 0 aliphatic heterocycles. The average molecular weight is 314 g/mol. The third-order valence-corrected chi connectivity index (χ3v) is 5.26. The van der Waals surface area contributed by atoms with Crippen molar-refractivity contribution in [2.24, 2.45) is 10.9 Å². The molecule has 2 aliphatic rings. The lowest BCUT2D eigenvalue weighted by Crippen LogP contribution is -2.42. The van der Waals surface area contributed by atoms with Gasteiger partial charge in [-0.05, 0) is 57.6 Å². The topological polar surface area (TPSA) is 45.7 Å². The van der Waals surface area contributed by atoms with Gasteiger partial charge in [-0.2, -0.15) is 11.8 Å². The molecular formula is C16H31N3OS. The van der Waals surface area contributed by atoms with Crippen molar-refractivity contribution in [3.63, 3.8) is 0 Å². The number of ether oxygens (including phenoxy) is 1. The van der Waals surface area contributed by atoms with Crippen LogP contribution in [-0.2, 0) is 4.74 Å². The van der Waals surface area contributed by atoms with Crippen molar-refractivity contribution in [3.8, 4) is 0 Å². The van der Waals surface area contributed by atoms with Crippen molar-refractivity contribution < 1.29 is 4.74 Å². The van der Waals surface area contributed by atoms with Crippen LogP contribution in [0.15, 0.2) is 4.99 Å². The minimum Gasteiger partial charge on any atom is -0.381 e. The van der Waals surface area contributed by atoms with E-state index in [1.54, 1.807) is 0 Å². The lowest BCUT2D eigenvalue weighted by atomic mass is 10.2. The lowest BCUT2D eigenvalue weighted by molar-refractivity contribution is 0.123. The number of aliphatic imine (C=N–C) groups is 1. The fourth-order valence-electron chi connectivity index (χ4n) is 2.69. The highest BCUT2D eigenvalue weighted by molar-refractivity contribution is 7.99. The number of nitrogens with one attached hydrogen (secondary N) is 2. The summed E-state index contributed by atoms with van der Waals surface area (Å²) in [5.41, 5.74) is 0. The first-order valence-electron chi connectivity index (χ1n) is 8.47. The number of hydrogen-bond donors (Lipinski definition) is 2.